The molecule has 1 aliphatic heterocycles. The molecular weight excluding hydrogens is 450 g/mol. The molecule has 34 heavy (non-hydrogen) atoms. The normalized spacial score (nSPS) is 15.3. The fraction of sp³-hybridized carbons (Fsp3) is 0.115. The minimum Gasteiger partial charge on any atom is -0.493 e. The largest absolute Gasteiger partial charge is 0.493 e. The van der Waals surface area contributed by atoms with E-state index in [-0.39, 0.29) is 18.4 Å². The van der Waals surface area contributed by atoms with E-state index >= 15 is 0 Å². The summed E-state index contributed by atoms with van der Waals surface area (Å²) in [6, 6.07) is 22.2. The van der Waals surface area contributed by atoms with Gasteiger partial charge in [-0.3, -0.25) is 9.59 Å². The van der Waals surface area contributed by atoms with E-state index in [4.69, 9.17) is 9.47 Å². The van der Waals surface area contributed by atoms with Crippen LogP contribution in [0.5, 0.6) is 11.5 Å². The summed E-state index contributed by atoms with van der Waals surface area (Å²) in [7, 11) is 1.52. The van der Waals surface area contributed by atoms with Gasteiger partial charge in [-0.25, -0.2) is 4.99 Å². The number of nitrogens with one attached hydrogen (secondary N) is 2. The highest BCUT2D eigenvalue weighted by atomic mass is 32.2. The summed E-state index contributed by atoms with van der Waals surface area (Å²) in [5.41, 5.74) is 3.37. The fourth-order valence-corrected chi connectivity index (χ4v) is 3.97. The Hall–Kier alpha value is -4.04. The van der Waals surface area contributed by atoms with Crippen LogP contribution in [0.25, 0.3) is 6.08 Å². The van der Waals surface area contributed by atoms with E-state index in [0.717, 1.165) is 16.8 Å². The highest BCUT2D eigenvalue weighted by molar-refractivity contribution is 8.18. The van der Waals surface area contributed by atoms with Crippen LogP contribution in [0.1, 0.15) is 11.1 Å². The maximum absolute atomic E-state index is 12.4. The van der Waals surface area contributed by atoms with Crippen LogP contribution in [0.4, 0.5) is 11.4 Å². The van der Waals surface area contributed by atoms with E-state index in [0.29, 0.717) is 27.3 Å². The van der Waals surface area contributed by atoms with E-state index in [1.807, 2.05) is 49.4 Å². The van der Waals surface area contributed by atoms with Crippen molar-refractivity contribution >= 4 is 46.2 Å². The van der Waals surface area contributed by atoms with E-state index in [9.17, 15) is 9.59 Å². The van der Waals surface area contributed by atoms with Gasteiger partial charge in [0.15, 0.2) is 23.3 Å². The van der Waals surface area contributed by atoms with E-state index < -0.39 is 0 Å². The number of carbonyl (C=O) groups excluding carboxylic acids is 2. The Balaban J connectivity index is 1.42. The van der Waals surface area contributed by atoms with Gasteiger partial charge in [-0.1, -0.05) is 42.0 Å². The quantitative estimate of drug-likeness (QED) is 0.476. The molecule has 172 valence electrons. The summed E-state index contributed by atoms with van der Waals surface area (Å²) in [6.07, 6.45) is 1.76. The number of carbonyl (C=O) groups is 2. The molecule has 1 heterocycles. The van der Waals surface area contributed by atoms with Crippen LogP contribution in [0.15, 0.2) is 82.7 Å². The second-order valence-electron chi connectivity index (χ2n) is 7.43. The number of aliphatic imine (C=N–C) groups is 1. The summed E-state index contributed by atoms with van der Waals surface area (Å²) in [4.78, 5) is 29.6. The monoisotopic (exact) mass is 473 g/mol. The van der Waals surface area contributed by atoms with Gasteiger partial charge in [-0.15, -0.1) is 0 Å². The lowest BCUT2D eigenvalue weighted by Crippen LogP contribution is -2.20. The third-order valence-corrected chi connectivity index (χ3v) is 5.73. The Morgan fingerprint density at radius 1 is 1.06 bits per heavy atom. The summed E-state index contributed by atoms with van der Waals surface area (Å²) >= 11 is 1.27. The number of amides is 2. The molecule has 7 nitrogen and oxygen atoms in total. The van der Waals surface area contributed by atoms with Gasteiger partial charge in [-0.05, 0) is 66.7 Å². The molecule has 1 aliphatic rings. The van der Waals surface area contributed by atoms with Gasteiger partial charge < -0.3 is 20.1 Å². The number of ether oxygens (including phenoxy) is 2. The van der Waals surface area contributed by atoms with Gasteiger partial charge in [0.25, 0.3) is 11.8 Å². The zero-order chi connectivity index (χ0) is 23.9. The average molecular weight is 474 g/mol. The molecule has 3 aromatic rings. The van der Waals surface area contributed by atoms with Gasteiger partial charge >= 0.3 is 0 Å². The van der Waals surface area contributed by atoms with Crippen molar-refractivity contribution in [1.29, 1.82) is 0 Å². The van der Waals surface area contributed by atoms with Crippen LogP contribution in [0.3, 0.4) is 0 Å². The molecule has 0 saturated carbocycles. The molecule has 0 aromatic heterocycles. The predicted molar refractivity (Wildman–Crippen MR) is 136 cm³/mol. The van der Waals surface area contributed by atoms with Crippen molar-refractivity contribution in [1.82, 2.24) is 5.32 Å². The van der Waals surface area contributed by atoms with Crippen molar-refractivity contribution in [2.45, 2.75) is 6.92 Å². The Morgan fingerprint density at radius 2 is 1.82 bits per heavy atom. The first-order valence-corrected chi connectivity index (χ1v) is 11.3. The molecule has 1 fully saturated rings. The summed E-state index contributed by atoms with van der Waals surface area (Å²) in [5, 5.41) is 6.08. The number of benzene rings is 3. The van der Waals surface area contributed by atoms with E-state index in [1.165, 1.54) is 18.9 Å². The van der Waals surface area contributed by atoms with E-state index in [1.54, 1.807) is 36.4 Å². The topological polar surface area (TPSA) is 89.0 Å². The molecule has 0 unspecified atom stereocenters. The van der Waals surface area contributed by atoms with Crippen molar-refractivity contribution in [3.8, 4) is 11.5 Å². The smallest absolute Gasteiger partial charge is 0.264 e. The van der Waals surface area contributed by atoms with Gasteiger partial charge in [0.05, 0.1) is 17.7 Å². The second-order valence-corrected chi connectivity index (χ2v) is 8.46. The lowest BCUT2D eigenvalue weighted by Gasteiger charge is -2.11. The van der Waals surface area contributed by atoms with Gasteiger partial charge in [0.1, 0.15) is 0 Å². The Kier molecular flexibility index (Phi) is 7.29. The predicted octanol–water partition coefficient (Wildman–Crippen LogP) is 4.91. The number of anilines is 1. The van der Waals surface area contributed by atoms with Crippen LogP contribution in [-0.2, 0) is 9.59 Å². The number of rotatable bonds is 7. The van der Waals surface area contributed by atoms with Crippen molar-refractivity contribution in [2.24, 2.45) is 4.99 Å². The molecule has 2 N–H and O–H groups in total. The van der Waals surface area contributed by atoms with Crippen molar-refractivity contribution in [3.63, 3.8) is 0 Å². The maximum Gasteiger partial charge on any atom is 0.264 e. The van der Waals surface area contributed by atoms with Crippen molar-refractivity contribution in [2.75, 3.05) is 19.0 Å². The van der Waals surface area contributed by atoms with Crippen LogP contribution in [0.2, 0.25) is 0 Å². The summed E-state index contributed by atoms with van der Waals surface area (Å²) < 4.78 is 11.1. The number of hydrogen-bond donors (Lipinski definition) is 2. The highest BCUT2D eigenvalue weighted by Gasteiger charge is 2.24. The number of amidine groups is 1. The van der Waals surface area contributed by atoms with Crippen LogP contribution >= 0.6 is 11.8 Å². The van der Waals surface area contributed by atoms with Crippen molar-refractivity contribution in [3.05, 3.63) is 88.8 Å². The van der Waals surface area contributed by atoms with Crippen LogP contribution in [-0.4, -0.2) is 30.7 Å². The second kappa shape index (κ2) is 10.7. The van der Waals surface area contributed by atoms with Crippen LogP contribution < -0.4 is 20.1 Å². The SMILES string of the molecule is COc1cc(C=C2SC(=Nc3ccc(C)cc3)NC2=O)ccc1OCC(=O)Nc1ccccc1. The number of aryl methyl sites for hydroxylation is 1. The number of para-hydroxylation sites is 1. The number of methoxy groups -OCH3 is 1. The number of thioether (sulfide) groups is 1. The molecule has 0 radical (unpaired) electrons. The van der Waals surface area contributed by atoms with Crippen LogP contribution in [0, 0.1) is 6.92 Å². The Bertz CT molecular complexity index is 1250. The lowest BCUT2D eigenvalue weighted by atomic mass is 10.2. The fourth-order valence-electron chi connectivity index (χ4n) is 3.12. The van der Waals surface area contributed by atoms with Gasteiger partial charge in [0.2, 0.25) is 0 Å². The first-order chi connectivity index (χ1) is 16.5. The average Bonchev–Trinajstić information content (AvgIpc) is 3.18. The molecule has 0 spiro atoms. The maximum atomic E-state index is 12.4. The first kappa shape index (κ1) is 23.1. The molecule has 4 rings (SSSR count). The number of hydrogen-bond acceptors (Lipinski definition) is 6. The molecule has 0 atom stereocenters. The minimum atomic E-state index is -0.279. The molecule has 0 aliphatic carbocycles. The Morgan fingerprint density at radius 3 is 2.56 bits per heavy atom. The lowest BCUT2D eigenvalue weighted by molar-refractivity contribution is -0.118. The third-order valence-electron chi connectivity index (χ3n) is 4.82. The minimum absolute atomic E-state index is 0.164. The molecule has 8 heteroatoms. The molecule has 3 aromatic carbocycles. The standard InChI is InChI=1S/C26H23N3O4S/c1-17-8-11-20(12-9-17)28-26-29-25(31)23(34-26)15-18-10-13-21(22(14-18)32-2)33-16-24(30)27-19-6-4-3-5-7-19/h3-15H,16H2,1-2H3,(H,27,30)(H,28,29,31). The first-order valence-electron chi connectivity index (χ1n) is 10.5. The van der Waals surface area contributed by atoms with E-state index in [2.05, 4.69) is 15.6 Å². The van der Waals surface area contributed by atoms with Gasteiger partial charge in [-0.2, -0.15) is 0 Å². The molecule has 0 bridgehead atoms. The molecular formula is C26H23N3O4S. The zero-order valence-electron chi connectivity index (χ0n) is 18.7. The Labute approximate surface area is 201 Å². The third kappa shape index (κ3) is 6.05. The molecule has 2 amide bonds. The summed E-state index contributed by atoms with van der Waals surface area (Å²) in [5.74, 6) is 0.392. The number of nitrogens with zero attached hydrogens (tertiary/aromatic N) is 1. The van der Waals surface area contributed by atoms with Crippen molar-refractivity contribution < 1.29 is 19.1 Å². The summed E-state index contributed by atoms with van der Waals surface area (Å²) in [6.45, 7) is 1.84. The highest BCUT2D eigenvalue weighted by Crippen LogP contribution is 2.32. The zero-order valence-corrected chi connectivity index (χ0v) is 19.5. The molecule has 1 saturated heterocycles. The van der Waals surface area contributed by atoms with Gasteiger partial charge in [0, 0.05) is 5.69 Å².